The van der Waals surface area contributed by atoms with Crippen LogP contribution in [0.3, 0.4) is 0 Å². The summed E-state index contributed by atoms with van der Waals surface area (Å²) in [4.78, 5) is 9.47. The van der Waals surface area contributed by atoms with Gasteiger partial charge in [0.2, 0.25) is 0 Å². The third-order valence-corrected chi connectivity index (χ3v) is 7.02. The summed E-state index contributed by atoms with van der Waals surface area (Å²) in [7, 11) is 0. The molecule has 1 aromatic carbocycles. The van der Waals surface area contributed by atoms with Crippen molar-refractivity contribution in [2.75, 3.05) is 31.1 Å². The number of hydrogen-bond acceptors (Lipinski definition) is 6. The van der Waals surface area contributed by atoms with E-state index in [2.05, 4.69) is 55.0 Å². The van der Waals surface area contributed by atoms with Crippen molar-refractivity contribution in [3.8, 4) is 5.69 Å². The van der Waals surface area contributed by atoms with E-state index in [0.717, 1.165) is 69.6 Å². The Bertz CT molecular complexity index is 1040. The van der Waals surface area contributed by atoms with Crippen LogP contribution in [0.25, 0.3) is 5.69 Å². The maximum absolute atomic E-state index is 4.75. The molecule has 164 valence electrons. The minimum Gasteiger partial charge on any atom is -0.357 e. The van der Waals surface area contributed by atoms with E-state index in [1.165, 1.54) is 17.7 Å². The van der Waals surface area contributed by atoms with Gasteiger partial charge in [0.1, 0.15) is 17.5 Å². The summed E-state index contributed by atoms with van der Waals surface area (Å²) in [5.41, 5.74) is 2.55. The molecular formula is C24H28N7U-. The van der Waals surface area contributed by atoms with Gasteiger partial charge in [-0.05, 0) is 44.5 Å². The van der Waals surface area contributed by atoms with Crippen LogP contribution >= 0.6 is 0 Å². The van der Waals surface area contributed by atoms with Crippen LogP contribution in [0.1, 0.15) is 42.4 Å². The number of pyridine rings is 1. The number of benzene rings is 1. The van der Waals surface area contributed by atoms with E-state index >= 15 is 0 Å². The zero-order valence-corrected chi connectivity index (χ0v) is 22.4. The van der Waals surface area contributed by atoms with Gasteiger partial charge in [0, 0.05) is 68.9 Å². The topological polar surface area (TPSA) is 62.1 Å². The van der Waals surface area contributed by atoms with E-state index in [-0.39, 0.29) is 31.1 Å². The fourth-order valence-corrected chi connectivity index (χ4v) is 5.33. The third kappa shape index (κ3) is 4.14. The van der Waals surface area contributed by atoms with E-state index in [4.69, 9.17) is 10.2 Å². The molecule has 3 aliphatic rings. The van der Waals surface area contributed by atoms with Crippen LogP contribution in [0.15, 0.2) is 42.6 Å². The molecule has 0 spiro atoms. The summed E-state index contributed by atoms with van der Waals surface area (Å²) >= 11 is 0. The van der Waals surface area contributed by atoms with Crippen molar-refractivity contribution in [2.45, 2.75) is 44.3 Å². The first-order valence-electron chi connectivity index (χ1n) is 11.4. The van der Waals surface area contributed by atoms with Gasteiger partial charge in [-0.15, -0.1) is 21.8 Å². The summed E-state index contributed by atoms with van der Waals surface area (Å²) in [5, 5.41) is 13.0. The summed E-state index contributed by atoms with van der Waals surface area (Å²) in [6, 6.07) is 16.3. The molecule has 1 unspecified atom stereocenters. The van der Waals surface area contributed by atoms with Crippen molar-refractivity contribution in [3.63, 3.8) is 0 Å². The summed E-state index contributed by atoms with van der Waals surface area (Å²) in [6.07, 6.45) is 5.21. The molecule has 0 radical (unpaired) electrons. The molecule has 1 atom stereocenters. The molecular weight excluding hydrogens is 624 g/mol. The molecule has 2 aromatic heterocycles. The van der Waals surface area contributed by atoms with Crippen molar-refractivity contribution in [1.29, 1.82) is 0 Å². The fourth-order valence-electron chi connectivity index (χ4n) is 5.33. The van der Waals surface area contributed by atoms with Gasteiger partial charge in [0.25, 0.3) is 0 Å². The molecule has 32 heavy (non-hydrogen) atoms. The van der Waals surface area contributed by atoms with Crippen LogP contribution in [0, 0.1) is 37.2 Å². The van der Waals surface area contributed by atoms with Gasteiger partial charge < -0.3 is 14.8 Å². The van der Waals surface area contributed by atoms with E-state index in [9.17, 15) is 0 Å². The smallest absolute Gasteiger partial charge is 0.149 e. The first-order chi connectivity index (χ1) is 15.4. The predicted molar refractivity (Wildman–Crippen MR) is 119 cm³/mol. The maximum atomic E-state index is 4.75. The Labute approximate surface area is 213 Å². The number of aromatic nitrogens is 4. The molecule has 0 saturated carbocycles. The summed E-state index contributed by atoms with van der Waals surface area (Å²) < 4.78 is 2.35. The summed E-state index contributed by atoms with van der Waals surface area (Å²) in [5.74, 6) is 3.68. The Hall–Kier alpha value is -1.72. The number of fused-ring (bicyclic) bond motifs is 3. The zero-order chi connectivity index (χ0) is 20.6. The zero-order valence-electron chi connectivity index (χ0n) is 18.2. The molecule has 8 heteroatoms. The van der Waals surface area contributed by atoms with Crippen molar-refractivity contribution < 1.29 is 31.1 Å². The number of nitrogens with zero attached hydrogens (tertiary/aromatic N) is 6. The first kappa shape index (κ1) is 22.1. The van der Waals surface area contributed by atoms with Gasteiger partial charge in [0.05, 0.1) is 6.54 Å². The average Bonchev–Trinajstić information content (AvgIpc) is 3.48. The van der Waals surface area contributed by atoms with Gasteiger partial charge in [-0.1, -0.05) is 11.8 Å². The van der Waals surface area contributed by atoms with E-state index in [1.54, 1.807) is 0 Å². The second kappa shape index (κ2) is 9.64. The van der Waals surface area contributed by atoms with Crippen LogP contribution in [-0.2, 0) is 13.1 Å². The van der Waals surface area contributed by atoms with Crippen LogP contribution in [0.4, 0.5) is 5.82 Å². The molecule has 3 aromatic rings. The van der Waals surface area contributed by atoms with Crippen LogP contribution in [-0.4, -0.2) is 56.9 Å². The molecule has 3 aliphatic heterocycles. The van der Waals surface area contributed by atoms with E-state index < -0.39 is 0 Å². The van der Waals surface area contributed by atoms with Gasteiger partial charge in [-0.3, -0.25) is 4.90 Å². The second-order valence-corrected chi connectivity index (χ2v) is 8.87. The molecule has 0 amide bonds. The molecule has 5 heterocycles. The van der Waals surface area contributed by atoms with Gasteiger partial charge in [-0.25, -0.2) is 4.98 Å². The molecule has 7 nitrogen and oxygen atoms in total. The van der Waals surface area contributed by atoms with Crippen molar-refractivity contribution in [1.82, 2.24) is 30.0 Å². The largest absolute Gasteiger partial charge is 0.357 e. The minimum atomic E-state index is 0. The Balaban J connectivity index is 0.00000216. The Morgan fingerprint density at radius 2 is 1.94 bits per heavy atom. The van der Waals surface area contributed by atoms with Gasteiger partial charge in [-0.2, -0.15) is 18.2 Å². The van der Waals surface area contributed by atoms with Crippen LogP contribution < -0.4 is 10.2 Å². The van der Waals surface area contributed by atoms with Gasteiger partial charge >= 0.3 is 0 Å². The number of nitrogens with one attached hydrogen (secondary N) is 1. The van der Waals surface area contributed by atoms with E-state index in [1.807, 2.05) is 18.3 Å². The molecule has 1 N–H and O–H groups in total. The quantitative estimate of drug-likeness (QED) is 0.440. The molecule has 0 aliphatic carbocycles. The van der Waals surface area contributed by atoms with Crippen LogP contribution in [0.5, 0.6) is 0 Å². The summed E-state index contributed by atoms with van der Waals surface area (Å²) in [6.45, 7) is 5.94. The number of rotatable bonds is 3. The number of hydrogen-bond donors (Lipinski definition) is 1. The first-order valence-corrected chi connectivity index (χ1v) is 11.4. The molecule has 2 fully saturated rings. The normalized spacial score (nSPS) is 21.5. The number of anilines is 1. The average molecular weight is 653 g/mol. The van der Waals surface area contributed by atoms with E-state index in [0.29, 0.717) is 12.0 Å². The predicted octanol–water partition coefficient (Wildman–Crippen LogP) is 2.52. The molecule has 6 rings (SSSR count). The van der Waals surface area contributed by atoms with Gasteiger partial charge in [0.15, 0.2) is 0 Å². The monoisotopic (exact) mass is 652 g/mol. The Morgan fingerprint density at radius 3 is 2.72 bits per heavy atom. The van der Waals surface area contributed by atoms with Crippen molar-refractivity contribution >= 4 is 5.82 Å². The third-order valence-electron chi connectivity index (χ3n) is 7.02. The fraction of sp³-hybridized carbons (Fsp3) is 0.458. The standard InChI is InChI=1S/C24H28N7.U/c1-2-6-21-19(5-1)16-30(20-8-12-25-15-20)17-23-27-28-24(31(21)23)18-9-13-29(14-10-18)22-7-3-4-11-26-22;/h2-7,11,18,20,25H,8-10,12-17H2;/q-1;. The molecule has 0 bridgehead atoms. The Morgan fingerprint density at radius 1 is 1.03 bits per heavy atom. The van der Waals surface area contributed by atoms with Crippen LogP contribution in [0.2, 0.25) is 0 Å². The van der Waals surface area contributed by atoms with Crippen molar-refractivity contribution in [2.24, 2.45) is 0 Å². The maximum Gasteiger partial charge on any atom is 0.149 e. The minimum absolute atomic E-state index is 0. The van der Waals surface area contributed by atoms with Crippen molar-refractivity contribution in [3.05, 3.63) is 65.9 Å². The number of piperidine rings is 1. The second-order valence-electron chi connectivity index (χ2n) is 8.87. The Kier molecular flexibility index (Phi) is 6.66. The molecule has 2 saturated heterocycles. The SMILES string of the molecule is [U].[c-]1ccc2c(c1)CN(C1CCNC1)Cc1nnc(C3CCN(c4ccccn4)CC3)n1-2.